The summed E-state index contributed by atoms with van der Waals surface area (Å²) in [5.74, 6) is 1.03. The van der Waals surface area contributed by atoms with Gasteiger partial charge in [0.15, 0.2) is 0 Å². The van der Waals surface area contributed by atoms with Crippen molar-refractivity contribution in [1.29, 1.82) is 0 Å². The third-order valence-corrected chi connectivity index (χ3v) is 4.11. The Bertz CT molecular complexity index is 766. The fourth-order valence-electron chi connectivity index (χ4n) is 2.60. The maximum atomic E-state index is 6.25. The monoisotopic (exact) mass is 300 g/mol. The van der Waals surface area contributed by atoms with Gasteiger partial charge < -0.3 is 9.88 Å². The van der Waals surface area contributed by atoms with E-state index in [0.29, 0.717) is 5.02 Å². The zero-order chi connectivity index (χ0) is 14.8. The molecular weight excluding hydrogens is 284 g/mol. The second kappa shape index (κ2) is 5.84. The number of halogens is 1. The van der Waals surface area contributed by atoms with Gasteiger partial charge in [0.1, 0.15) is 5.82 Å². The topological polar surface area (TPSA) is 42.7 Å². The Labute approximate surface area is 128 Å². The Morgan fingerprint density at radius 1 is 1.29 bits per heavy atom. The molecule has 1 atom stereocenters. The number of imidazole rings is 1. The van der Waals surface area contributed by atoms with Crippen LogP contribution in [0.15, 0.2) is 42.7 Å². The highest BCUT2D eigenvalue weighted by Gasteiger charge is 2.17. The molecule has 0 aliphatic heterocycles. The van der Waals surface area contributed by atoms with E-state index in [4.69, 9.17) is 16.6 Å². The number of likely N-dealkylation sites (N-methyl/N-ethyl adjacent to an activating group) is 1. The van der Waals surface area contributed by atoms with Gasteiger partial charge in [-0.1, -0.05) is 23.7 Å². The molecule has 0 saturated carbocycles. The number of nitrogens with one attached hydrogen (secondary N) is 1. The number of hydrogen-bond donors (Lipinski definition) is 1. The van der Waals surface area contributed by atoms with Gasteiger partial charge in [-0.15, -0.1) is 0 Å². The van der Waals surface area contributed by atoms with Gasteiger partial charge in [-0.2, -0.15) is 0 Å². The Balaban J connectivity index is 1.96. The van der Waals surface area contributed by atoms with Gasteiger partial charge in [-0.25, -0.2) is 4.98 Å². The predicted octanol–water partition coefficient (Wildman–Crippen LogP) is 3.12. The molecule has 0 aliphatic rings. The van der Waals surface area contributed by atoms with Crippen molar-refractivity contribution in [2.75, 3.05) is 7.05 Å². The predicted molar refractivity (Wildman–Crippen MR) is 85.5 cm³/mol. The van der Waals surface area contributed by atoms with Crippen LogP contribution < -0.4 is 5.32 Å². The number of fused-ring (bicyclic) bond motifs is 1. The lowest BCUT2D eigenvalue weighted by Crippen LogP contribution is -2.21. The lowest BCUT2D eigenvalue weighted by Gasteiger charge is -2.17. The first-order valence-electron chi connectivity index (χ1n) is 6.87. The van der Waals surface area contributed by atoms with Crippen LogP contribution in [0.1, 0.15) is 17.4 Å². The van der Waals surface area contributed by atoms with Crippen LogP contribution >= 0.6 is 11.6 Å². The molecule has 0 radical (unpaired) electrons. The molecule has 0 spiro atoms. The quantitative estimate of drug-likeness (QED) is 0.805. The van der Waals surface area contributed by atoms with E-state index in [1.54, 1.807) is 12.4 Å². The molecule has 2 heterocycles. The van der Waals surface area contributed by atoms with Crippen molar-refractivity contribution in [3.63, 3.8) is 0 Å². The van der Waals surface area contributed by atoms with Crippen molar-refractivity contribution in [2.45, 2.75) is 12.5 Å². The second-order valence-corrected chi connectivity index (χ2v) is 5.43. The summed E-state index contributed by atoms with van der Waals surface area (Å²) in [5.41, 5.74) is 3.20. The summed E-state index contributed by atoms with van der Waals surface area (Å²) in [7, 11) is 3.98. The summed E-state index contributed by atoms with van der Waals surface area (Å²) in [5, 5.41) is 3.99. The molecule has 1 N–H and O–H groups in total. The minimum absolute atomic E-state index is 0.107. The number of aryl methyl sites for hydroxylation is 1. The third kappa shape index (κ3) is 2.64. The molecule has 0 bridgehead atoms. The molecule has 5 heteroatoms. The van der Waals surface area contributed by atoms with Gasteiger partial charge >= 0.3 is 0 Å². The fraction of sp³-hybridized carbons (Fsp3) is 0.250. The van der Waals surface area contributed by atoms with Crippen molar-refractivity contribution in [1.82, 2.24) is 19.9 Å². The molecule has 0 saturated heterocycles. The lowest BCUT2D eigenvalue weighted by atomic mass is 10.1. The van der Waals surface area contributed by atoms with Gasteiger partial charge in [-0.05, 0) is 30.8 Å². The normalized spacial score (nSPS) is 12.7. The van der Waals surface area contributed by atoms with E-state index in [2.05, 4.69) is 20.9 Å². The summed E-state index contributed by atoms with van der Waals surface area (Å²) >= 11 is 6.25. The van der Waals surface area contributed by atoms with E-state index in [-0.39, 0.29) is 6.04 Å². The van der Waals surface area contributed by atoms with Crippen LogP contribution in [0.2, 0.25) is 5.02 Å². The van der Waals surface area contributed by atoms with Crippen LogP contribution in [0.3, 0.4) is 0 Å². The SMILES string of the molecule is CNC(Cc1nc2ccccc2n1C)c1ccncc1Cl. The Hall–Kier alpha value is -1.91. The van der Waals surface area contributed by atoms with Crippen LogP contribution in [0.4, 0.5) is 0 Å². The second-order valence-electron chi connectivity index (χ2n) is 5.02. The average molecular weight is 301 g/mol. The molecule has 0 amide bonds. The first-order chi connectivity index (χ1) is 10.2. The molecule has 1 unspecified atom stereocenters. The number of aromatic nitrogens is 3. The van der Waals surface area contributed by atoms with E-state index in [1.807, 2.05) is 38.4 Å². The molecule has 21 heavy (non-hydrogen) atoms. The zero-order valence-electron chi connectivity index (χ0n) is 12.0. The van der Waals surface area contributed by atoms with Gasteiger partial charge in [0, 0.05) is 31.9 Å². The maximum absolute atomic E-state index is 6.25. The van der Waals surface area contributed by atoms with Crippen molar-refractivity contribution >= 4 is 22.6 Å². The van der Waals surface area contributed by atoms with Gasteiger partial charge in [-0.3, -0.25) is 4.98 Å². The Kier molecular flexibility index (Phi) is 3.90. The standard InChI is InChI=1S/C16H17ClN4/c1-18-14(11-7-8-19-10-12(11)17)9-16-20-13-5-3-4-6-15(13)21(16)2/h3-8,10,14,18H,9H2,1-2H3. The van der Waals surface area contributed by atoms with Crippen LogP contribution in [0.25, 0.3) is 11.0 Å². The Morgan fingerprint density at radius 3 is 2.81 bits per heavy atom. The molecule has 4 nitrogen and oxygen atoms in total. The van der Waals surface area contributed by atoms with E-state index < -0.39 is 0 Å². The van der Waals surface area contributed by atoms with Gasteiger partial charge in [0.25, 0.3) is 0 Å². The minimum atomic E-state index is 0.107. The maximum Gasteiger partial charge on any atom is 0.111 e. The highest BCUT2D eigenvalue weighted by molar-refractivity contribution is 6.31. The third-order valence-electron chi connectivity index (χ3n) is 3.79. The van der Waals surface area contributed by atoms with Gasteiger partial charge in [0.05, 0.1) is 16.1 Å². The first kappa shape index (κ1) is 14.0. The number of para-hydroxylation sites is 2. The molecule has 108 valence electrons. The highest BCUT2D eigenvalue weighted by Crippen LogP contribution is 2.25. The number of hydrogen-bond acceptors (Lipinski definition) is 3. The van der Waals surface area contributed by atoms with Crippen molar-refractivity contribution in [3.8, 4) is 0 Å². The molecule has 2 aromatic heterocycles. The largest absolute Gasteiger partial charge is 0.331 e. The molecule has 0 aliphatic carbocycles. The van der Waals surface area contributed by atoms with E-state index in [1.165, 1.54) is 0 Å². The summed E-state index contributed by atoms with van der Waals surface area (Å²) < 4.78 is 2.13. The zero-order valence-corrected chi connectivity index (χ0v) is 12.8. The average Bonchev–Trinajstić information content (AvgIpc) is 2.82. The Morgan fingerprint density at radius 2 is 2.10 bits per heavy atom. The van der Waals surface area contributed by atoms with Crippen molar-refractivity contribution in [2.24, 2.45) is 7.05 Å². The fourth-order valence-corrected chi connectivity index (χ4v) is 2.85. The van der Waals surface area contributed by atoms with Crippen LogP contribution in [-0.2, 0) is 13.5 Å². The molecule has 3 rings (SSSR count). The smallest absolute Gasteiger partial charge is 0.111 e. The highest BCUT2D eigenvalue weighted by atomic mass is 35.5. The van der Waals surface area contributed by atoms with E-state index in [9.17, 15) is 0 Å². The lowest BCUT2D eigenvalue weighted by molar-refractivity contribution is 0.565. The minimum Gasteiger partial charge on any atom is -0.331 e. The number of pyridine rings is 1. The van der Waals surface area contributed by atoms with Crippen LogP contribution in [0.5, 0.6) is 0 Å². The number of nitrogens with zero attached hydrogens (tertiary/aromatic N) is 3. The molecule has 3 aromatic rings. The molecule has 0 fully saturated rings. The van der Waals surface area contributed by atoms with Crippen molar-refractivity contribution in [3.05, 3.63) is 59.1 Å². The van der Waals surface area contributed by atoms with Crippen molar-refractivity contribution < 1.29 is 0 Å². The first-order valence-corrected chi connectivity index (χ1v) is 7.25. The van der Waals surface area contributed by atoms with Gasteiger partial charge in [0.2, 0.25) is 0 Å². The number of rotatable bonds is 4. The van der Waals surface area contributed by atoms with Crippen LogP contribution in [-0.4, -0.2) is 21.6 Å². The molecular formula is C16H17ClN4. The van der Waals surface area contributed by atoms with E-state index in [0.717, 1.165) is 28.8 Å². The summed E-state index contributed by atoms with van der Waals surface area (Å²) in [6, 6.07) is 10.2. The summed E-state index contributed by atoms with van der Waals surface area (Å²) in [4.78, 5) is 8.76. The summed E-state index contributed by atoms with van der Waals surface area (Å²) in [6.45, 7) is 0. The summed E-state index contributed by atoms with van der Waals surface area (Å²) in [6.07, 6.45) is 4.21. The van der Waals surface area contributed by atoms with E-state index >= 15 is 0 Å². The number of benzene rings is 1. The molecule has 1 aromatic carbocycles. The van der Waals surface area contributed by atoms with Crippen LogP contribution in [0, 0.1) is 0 Å².